The molecule has 0 aromatic rings. The molecular formula is C6H9KO. The van der Waals surface area contributed by atoms with Gasteiger partial charge in [-0.3, -0.25) is 0 Å². The average Bonchev–Trinajstić information content (AvgIpc) is 1.91. The third kappa shape index (κ3) is 2.19. The first kappa shape index (κ1) is 9.18. The van der Waals surface area contributed by atoms with Gasteiger partial charge < -0.3 is 5.11 Å². The van der Waals surface area contributed by atoms with Gasteiger partial charge in [0, 0.05) is 0 Å². The average molecular weight is 136 g/mol. The fourth-order valence-electron chi connectivity index (χ4n) is 0.819. The Hall–Kier alpha value is 1.18. The Balaban J connectivity index is 0.000000490. The molecule has 0 radical (unpaired) electrons. The Morgan fingerprint density at radius 2 is 2.38 bits per heavy atom. The molecule has 1 aliphatic carbocycles. The van der Waals surface area contributed by atoms with Crippen LogP contribution in [0.25, 0.3) is 0 Å². The van der Waals surface area contributed by atoms with Crippen LogP contribution in [0.5, 0.6) is 0 Å². The molecule has 0 amide bonds. The first-order chi connectivity index (χ1) is 3.30. The van der Waals surface area contributed by atoms with Crippen molar-refractivity contribution in [3.8, 4) is 0 Å². The van der Waals surface area contributed by atoms with Crippen molar-refractivity contribution >= 4 is 0 Å². The van der Waals surface area contributed by atoms with Crippen LogP contribution in [0.15, 0.2) is 11.8 Å². The summed E-state index contributed by atoms with van der Waals surface area (Å²) in [6.45, 7) is 1.98. The van der Waals surface area contributed by atoms with Crippen LogP contribution in [0, 0.1) is 5.92 Å². The summed E-state index contributed by atoms with van der Waals surface area (Å²) < 4.78 is 0. The Morgan fingerprint density at radius 1 is 1.75 bits per heavy atom. The standard InChI is InChI=1S/C6H10O.K/c1-5-3-2-4-6(5)7;/h4-5,7H,2-3H2,1H3;/q;+1/p-1. The van der Waals surface area contributed by atoms with E-state index >= 15 is 0 Å². The Kier molecular flexibility index (Phi) is 4.66. The number of rotatable bonds is 0. The van der Waals surface area contributed by atoms with E-state index in [2.05, 4.69) is 0 Å². The van der Waals surface area contributed by atoms with E-state index < -0.39 is 0 Å². The first-order valence-electron chi connectivity index (χ1n) is 2.68. The second-order valence-corrected chi connectivity index (χ2v) is 2.08. The van der Waals surface area contributed by atoms with Crippen LogP contribution in [0.4, 0.5) is 0 Å². The minimum atomic E-state index is 0. The van der Waals surface area contributed by atoms with E-state index in [-0.39, 0.29) is 51.4 Å². The largest absolute Gasteiger partial charge is 1.00 e. The molecule has 0 spiro atoms. The number of hydrogen-bond acceptors (Lipinski definition) is 1. The van der Waals surface area contributed by atoms with E-state index in [1.165, 1.54) is 0 Å². The topological polar surface area (TPSA) is 23.1 Å². The maximum atomic E-state index is 10.5. The van der Waals surface area contributed by atoms with Crippen molar-refractivity contribution in [2.75, 3.05) is 0 Å². The van der Waals surface area contributed by atoms with E-state index in [4.69, 9.17) is 0 Å². The van der Waals surface area contributed by atoms with Crippen LogP contribution in [0.2, 0.25) is 0 Å². The smallest absolute Gasteiger partial charge is 0.875 e. The quantitative estimate of drug-likeness (QED) is 0.342. The molecule has 0 fully saturated rings. The van der Waals surface area contributed by atoms with Crippen molar-refractivity contribution < 1.29 is 56.5 Å². The summed E-state index contributed by atoms with van der Waals surface area (Å²) in [5.74, 6) is 0.653. The maximum Gasteiger partial charge on any atom is 1.00 e. The zero-order valence-electron chi connectivity index (χ0n) is 5.48. The van der Waals surface area contributed by atoms with Gasteiger partial charge in [-0.25, -0.2) is 0 Å². The predicted molar refractivity (Wildman–Crippen MR) is 26.5 cm³/mol. The van der Waals surface area contributed by atoms with Gasteiger partial charge >= 0.3 is 51.4 Å². The van der Waals surface area contributed by atoms with Gasteiger partial charge in [0.1, 0.15) is 0 Å². The van der Waals surface area contributed by atoms with Crippen LogP contribution in [-0.4, -0.2) is 0 Å². The van der Waals surface area contributed by atoms with E-state index in [1.54, 1.807) is 6.08 Å². The molecule has 1 nitrogen and oxygen atoms in total. The second-order valence-electron chi connectivity index (χ2n) is 2.08. The molecule has 1 aliphatic rings. The number of allylic oxidation sites excluding steroid dienone is 2. The predicted octanol–water partition coefficient (Wildman–Crippen LogP) is -2.34. The van der Waals surface area contributed by atoms with Crippen LogP contribution < -0.4 is 56.5 Å². The summed E-state index contributed by atoms with van der Waals surface area (Å²) in [5, 5.41) is 10.5. The van der Waals surface area contributed by atoms with Gasteiger partial charge in [-0.1, -0.05) is 13.0 Å². The molecule has 1 atom stereocenters. The van der Waals surface area contributed by atoms with Crippen LogP contribution in [0.3, 0.4) is 0 Å². The molecule has 40 valence electrons. The normalized spacial score (nSPS) is 26.6. The number of hydrogen-bond donors (Lipinski definition) is 0. The third-order valence-corrected chi connectivity index (χ3v) is 1.43. The molecule has 0 bridgehead atoms. The van der Waals surface area contributed by atoms with Crippen LogP contribution >= 0.6 is 0 Å². The molecule has 0 aromatic carbocycles. The summed E-state index contributed by atoms with van der Waals surface area (Å²) >= 11 is 0. The Morgan fingerprint density at radius 3 is 2.50 bits per heavy atom. The molecule has 1 unspecified atom stereocenters. The molecule has 0 saturated carbocycles. The van der Waals surface area contributed by atoms with Crippen LogP contribution in [-0.2, 0) is 0 Å². The Labute approximate surface area is 92.6 Å². The molecule has 0 aliphatic heterocycles. The summed E-state index contributed by atoms with van der Waals surface area (Å²) in [6.07, 6.45) is 3.85. The molecule has 0 saturated heterocycles. The van der Waals surface area contributed by atoms with Gasteiger partial charge in [-0.05, 0) is 18.8 Å². The van der Waals surface area contributed by atoms with Gasteiger partial charge in [-0.15, -0.1) is 5.76 Å². The van der Waals surface area contributed by atoms with Crippen molar-refractivity contribution in [2.24, 2.45) is 5.92 Å². The molecule has 1 rings (SSSR count). The minimum Gasteiger partial charge on any atom is -0.875 e. The van der Waals surface area contributed by atoms with Gasteiger partial charge in [0.15, 0.2) is 0 Å². The molecule has 0 N–H and O–H groups in total. The second kappa shape index (κ2) is 4.07. The van der Waals surface area contributed by atoms with Crippen molar-refractivity contribution in [2.45, 2.75) is 19.8 Å². The zero-order chi connectivity index (χ0) is 5.28. The van der Waals surface area contributed by atoms with E-state index in [0.29, 0.717) is 11.7 Å². The first-order valence-corrected chi connectivity index (χ1v) is 2.68. The zero-order valence-corrected chi connectivity index (χ0v) is 8.60. The Bertz CT molecular complexity index is 98.7. The minimum absolute atomic E-state index is 0. The summed E-state index contributed by atoms with van der Waals surface area (Å²) in [5.41, 5.74) is 0. The van der Waals surface area contributed by atoms with Gasteiger partial charge in [0.05, 0.1) is 0 Å². The fourth-order valence-corrected chi connectivity index (χ4v) is 0.819. The van der Waals surface area contributed by atoms with E-state index in [9.17, 15) is 5.11 Å². The fraction of sp³-hybridized carbons (Fsp3) is 0.667. The molecule has 8 heavy (non-hydrogen) atoms. The summed E-state index contributed by atoms with van der Waals surface area (Å²) in [6, 6.07) is 0. The van der Waals surface area contributed by atoms with Crippen molar-refractivity contribution in [3.63, 3.8) is 0 Å². The van der Waals surface area contributed by atoms with Gasteiger partial charge in [0.25, 0.3) is 0 Å². The van der Waals surface area contributed by atoms with E-state index in [1.807, 2.05) is 6.92 Å². The van der Waals surface area contributed by atoms with Gasteiger partial charge in [0.2, 0.25) is 0 Å². The molecule has 2 heteroatoms. The molecule has 0 heterocycles. The summed E-state index contributed by atoms with van der Waals surface area (Å²) in [4.78, 5) is 0. The maximum absolute atomic E-state index is 10.5. The van der Waals surface area contributed by atoms with Gasteiger partial charge in [-0.2, -0.15) is 0 Å². The SMILES string of the molecule is CC1CCC=C1[O-].[K+]. The van der Waals surface area contributed by atoms with Crippen LogP contribution in [0.1, 0.15) is 19.8 Å². The summed E-state index contributed by atoms with van der Waals surface area (Å²) in [7, 11) is 0. The monoisotopic (exact) mass is 136 g/mol. The van der Waals surface area contributed by atoms with Crippen molar-refractivity contribution in [1.82, 2.24) is 0 Å². The van der Waals surface area contributed by atoms with Crippen molar-refractivity contribution in [3.05, 3.63) is 11.8 Å². The van der Waals surface area contributed by atoms with E-state index in [0.717, 1.165) is 12.8 Å². The molecular weight excluding hydrogens is 127 g/mol. The molecule has 0 aromatic heterocycles. The third-order valence-electron chi connectivity index (χ3n) is 1.43. The van der Waals surface area contributed by atoms with Crippen molar-refractivity contribution in [1.29, 1.82) is 0 Å².